The second kappa shape index (κ2) is 2.73. The molecule has 1 aliphatic heterocycles. The SMILES string of the molecule is c1ccc2c(c1)Nc1cccnc1O2. The number of ether oxygens (including phenoxy) is 1. The number of hydrogen-bond donors (Lipinski definition) is 1. The minimum atomic E-state index is 0.631. The molecule has 14 heavy (non-hydrogen) atoms. The third-order valence-electron chi connectivity index (χ3n) is 2.13. The molecule has 0 saturated heterocycles. The predicted molar refractivity (Wildman–Crippen MR) is 54.0 cm³/mol. The predicted octanol–water partition coefficient (Wildman–Crippen LogP) is 2.93. The summed E-state index contributed by atoms with van der Waals surface area (Å²) in [5, 5.41) is 3.25. The molecule has 0 radical (unpaired) electrons. The smallest absolute Gasteiger partial charge is 0.243 e. The van der Waals surface area contributed by atoms with Gasteiger partial charge in [0, 0.05) is 6.20 Å². The first-order valence-corrected chi connectivity index (χ1v) is 4.42. The van der Waals surface area contributed by atoms with Crippen molar-refractivity contribution < 1.29 is 4.74 Å². The number of benzene rings is 1. The lowest BCUT2D eigenvalue weighted by Gasteiger charge is -2.19. The standard InChI is InChI=1S/C11H8N2O/c1-2-6-10-8(4-1)13-9-5-3-7-12-11(9)14-10/h1-7,13H. The normalized spacial score (nSPS) is 12.0. The van der Waals surface area contributed by atoms with E-state index >= 15 is 0 Å². The Hall–Kier alpha value is -2.03. The Balaban J connectivity index is 2.12. The van der Waals surface area contributed by atoms with Crippen molar-refractivity contribution in [1.82, 2.24) is 4.98 Å². The summed E-state index contributed by atoms with van der Waals surface area (Å²) in [7, 11) is 0. The van der Waals surface area contributed by atoms with E-state index in [4.69, 9.17) is 4.74 Å². The molecule has 0 fully saturated rings. The van der Waals surface area contributed by atoms with Crippen LogP contribution >= 0.6 is 0 Å². The highest BCUT2D eigenvalue weighted by molar-refractivity contribution is 5.73. The average Bonchev–Trinajstić information content (AvgIpc) is 2.26. The summed E-state index contributed by atoms with van der Waals surface area (Å²) < 4.78 is 5.60. The molecule has 68 valence electrons. The molecule has 1 aliphatic rings. The van der Waals surface area contributed by atoms with Gasteiger partial charge in [0.05, 0.1) is 5.69 Å². The van der Waals surface area contributed by atoms with E-state index < -0.39 is 0 Å². The van der Waals surface area contributed by atoms with Crippen molar-refractivity contribution in [2.75, 3.05) is 5.32 Å². The Bertz CT molecular complexity index is 395. The fraction of sp³-hybridized carbons (Fsp3) is 0. The number of aromatic nitrogens is 1. The van der Waals surface area contributed by atoms with Gasteiger partial charge in [-0.3, -0.25) is 0 Å². The molecule has 1 aromatic heterocycles. The van der Waals surface area contributed by atoms with Gasteiger partial charge in [-0.2, -0.15) is 0 Å². The lowest BCUT2D eigenvalue weighted by molar-refractivity contribution is 0.461. The van der Waals surface area contributed by atoms with Crippen molar-refractivity contribution in [3.8, 4) is 11.6 Å². The number of nitrogens with zero attached hydrogens (tertiary/aromatic N) is 1. The highest BCUT2D eigenvalue weighted by Gasteiger charge is 2.15. The van der Waals surface area contributed by atoms with Crippen LogP contribution in [0.2, 0.25) is 0 Å². The molecule has 1 N–H and O–H groups in total. The summed E-state index contributed by atoms with van der Waals surface area (Å²) in [5.74, 6) is 1.45. The molecule has 0 spiro atoms. The molecule has 1 aromatic carbocycles. The van der Waals surface area contributed by atoms with Crippen LogP contribution < -0.4 is 10.1 Å². The van der Waals surface area contributed by atoms with E-state index in [1.165, 1.54) is 0 Å². The second-order valence-corrected chi connectivity index (χ2v) is 3.08. The molecule has 3 nitrogen and oxygen atoms in total. The number of rotatable bonds is 0. The van der Waals surface area contributed by atoms with Crippen LogP contribution in [0.5, 0.6) is 11.6 Å². The lowest BCUT2D eigenvalue weighted by atomic mass is 10.2. The van der Waals surface area contributed by atoms with Gasteiger partial charge in [-0.05, 0) is 24.3 Å². The zero-order chi connectivity index (χ0) is 9.38. The Morgan fingerprint density at radius 1 is 1.00 bits per heavy atom. The Morgan fingerprint density at radius 2 is 1.86 bits per heavy atom. The van der Waals surface area contributed by atoms with Gasteiger partial charge in [-0.1, -0.05) is 12.1 Å². The molecule has 3 heteroatoms. The maximum absolute atomic E-state index is 5.60. The van der Waals surface area contributed by atoms with Crippen LogP contribution in [-0.2, 0) is 0 Å². The zero-order valence-corrected chi connectivity index (χ0v) is 7.40. The fourth-order valence-electron chi connectivity index (χ4n) is 1.48. The Labute approximate surface area is 81.4 Å². The van der Waals surface area contributed by atoms with Crippen LogP contribution in [0.4, 0.5) is 11.4 Å². The zero-order valence-electron chi connectivity index (χ0n) is 7.40. The molecule has 2 heterocycles. The minimum absolute atomic E-state index is 0.631. The summed E-state index contributed by atoms with van der Waals surface area (Å²) in [4.78, 5) is 4.13. The lowest BCUT2D eigenvalue weighted by Crippen LogP contribution is -2.03. The maximum Gasteiger partial charge on any atom is 0.243 e. The van der Waals surface area contributed by atoms with Gasteiger partial charge in [-0.25, -0.2) is 4.98 Å². The van der Waals surface area contributed by atoms with E-state index in [0.717, 1.165) is 17.1 Å². The van der Waals surface area contributed by atoms with Crippen LogP contribution in [0.15, 0.2) is 42.6 Å². The molecule has 0 amide bonds. The molecule has 0 saturated carbocycles. The van der Waals surface area contributed by atoms with Crippen molar-refractivity contribution in [3.05, 3.63) is 42.6 Å². The van der Waals surface area contributed by atoms with E-state index in [1.54, 1.807) is 6.20 Å². The van der Waals surface area contributed by atoms with Crippen molar-refractivity contribution in [3.63, 3.8) is 0 Å². The quantitative estimate of drug-likeness (QED) is 0.583. The van der Waals surface area contributed by atoms with E-state index in [1.807, 2.05) is 36.4 Å². The summed E-state index contributed by atoms with van der Waals surface area (Å²) >= 11 is 0. The topological polar surface area (TPSA) is 34.2 Å². The molecule has 2 aromatic rings. The molecule has 0 unspecified atom stereocenters. The highest BCUT2D eigenvalue weighted by atomic mass is 16.5. The summed E-state index contributed by atoms with van der Waals surface area (Å²) in [6.45, 7) is 0. The first-order valence-electron chi connectivity index (χ1n) is 4.42. The largest absolute Gasteiger partial charge is 0.435 e. The van der Waals surface area contributed by atoms with Crippen molar-refractivity contribution in [2.24, 2.45) is 0 Å². The van der Waals surface area contributed by atoms with Gasteiger partial charge in [0.1, 0.15) is 5.69 Å². The van der Waals surface area contributed by atoms with Crippen LogP contribution in [-0.4, -0.2) is 4.98 Å². The van der Waals surface area contributed by atoms with Gasteiger partial charge in [0.15, 0.2) is 5.75 Å². The number of nitrogens with one attached hydrogen (secondary N) is 1. The molecular weight excluding hydrogens is 176 g/mol. The molecule has 0 aliphatic carbocycles. The number of anilines is 2. The second-order valence-electron chi connectivity index (χ2n) is 3.08. The summed E-state index contributed by atoms with van der Waals surface area (Å²) in [5.41, 5.74) is 1.89. The fourth-order valence-corrected chi connectivity index (χ4v) is 1.48. The van der Waals surface area contributed by atoms with Gasteiger partial charge < -0.3 is 10.1 Å². The third-order valence-corrected chi connectivity index (χ3v) is 2.13. The number of pyridine rings is 1. The van der Waals surface area contributed by atoms with Crippen LogP contribution in [0.25, 0.3) is 0 Å². The van der Waals surface area contributed by atoms with Crippen LogP contribution in [0.1, 0.15) is 0 Å². The Kier molecular flexibility index (Phi) is 1.44. The highest BCUT2D eigenvalue weighted by Crippen LogP contribution is 2.39. The van der Waals surface area contributed by atoms with E-state index in [9.17, 15) is 0 Å². The summed E-state index contributed by atoms with van der Waals surface area (Å²) in [6.07, 6.45) is 1.72. The first kappa shape index (κ1) is 7.38. The van der Waals surface area contributed by atoms with Gasteiger partial charge in [0.2, 0.25) is 5.88 Å². The van der Waals surface area contributed by atoms with E-state index in [-0.39, 0.29) is 0 Å². The van der Waals surface area contributed by atoms with Crippen LogP contribution in [0, 0.1) is 0 Å². The van der Waals surface area contributed by atoms with Crippen LogP contribution in [0.3, 0.4) is 0 Å². The van der Waals surface area contributed by atoms with Crippen molar-refractivity contribution >= 4 is 11.4 Å². The van der Waals surface area contributed by atoms with Gasteiger partial charge in [-0.15, -0.1) is 0 Å². The maximum atomic E-state index is 5.60. The first-order chi connectivity index (χ1) is 6.93. The van der Waals surface area contributed by atoms with Gasteiger partial charge >= 0.3 is 0 Å². The molecule has 0 bridgehead atoms. The van der Waals surface area contributed by atoms with Crippen molar-refractivity contribution in [2.45, 2.75) is 0 Å². The van der Waals surface area contributed by atoms with Crippen molar-refractivity contribution in [1.29, 1.82) is 0 Å². The molecular formula is C11H8N2O. The number of fused-ring (bicyclic) bond motifs is 2. The van der Waals surface area contributed by atoms with E-state index in [0.29, 0.717) is 5.88 Å². The monoisotopic (exact) mass is 184 g/mol. The minimum Gasteiger partial charge on any atom is -0.435 e. The van der Waals surface area contributed by atoms with Gasteiger partial charge in [0.25, 0.3) is 0 Å². The number of hydrogen-bond acceptors (Lipinski definition) is 3. The Morgan fingerprint density at radius 3 is 2.86 bits per heavy atom. The average molecular weight is 184 g/mol. The molecule has 3 rings (SSSR count). The summed E-state index contributed by atoms with van der Waals surface area (Å²) in [6, 6.07) is 11.6. The van der Waals surface area contributed by atoms with E-state index in [2.05, 4.69) is 10.3 Å². The third kappa shape index (κ3) is 1.03. The molecule has 0 atom stereocenters. The number of para-hydroxylation sites is 2.